The molecule has 5 aromatic carbocycles. The topological polar surface area (TPSA) is 0 Å². The summed E-state index contributed by atoms with van der Waals surface area (Å²) in [6, 6.07) is 34.8. The van der Waals surface area contributed by atoms with E-state index < -0.39 is 0 Å². The van der Waals surface area contributed by atoms with Crippen molar-refractivity contribution in [3.63, 3.8) is 0 Å². The molecule has 0 N–H and O–H groups in total. The van der Waals surface area contributed by atoms with Crippen LogP contribution in [0.5, 0.6) is 0 Å². The van der Waals surface area contributed by atoms with E-state index in [2.05, 4.69) is 211 Å². The summed E-state index contributed by atoms with van der Waals surface area (Å²) in [4.78, 5) is 0. The van der Waals surface area contributed by atoms with E-state index in [4.69, 9.17) is 0 Å². The summed E-state index contributed by atoms with van der Waals surface area (Å²) < 4.78 is 0. The monoisotopic (exact) mass is 913 g/mol. The van der Waals surface area contributed by atoms with Crippen LogP contribution in [0.15, 0.2) is 180 Å². The highest BCUT2D eigenvalue weighted by atomic mass is 14.4. The minimum absolute atomic E-state index is 0.113. The number of hydrogen-bond acceptors (Lipinski definition) is 0. The maximum atomic E-state index is 3.96. The summed E-state index contributed by atoms with van der Waals surface area (Å²) >= 11 is 0. The van der Waals surface area contributed by atoms with E-state index in [0.717, 1.165) is 19.3 Å². The third-order valence-electron chi connectivity index (χ3n) is 14.0. The first-order valence-electron chi connectivity index (χ1n) is 26.0. The molecule has 360 valence electrons. The summed E-state index contributed by atoms with van der Waals surface area (Å²) in [5, 5.41) is 0. The summed E-state index contributed by atoms with van der Waals surface area (Å²) in [5.74, 6) is 0. The van der Waals surface area contributed by atoms with E-state index >= 15 is 0 Å². The molecule has 69 heavy (non-hydrogen) atoms. The van der Waals surface area contributed by atoms with Gasteiger partial charge in [0.05, 0.1) is 0 Å². The summed E-state index contributed by atoms with van der Waals surface area (Å²) in [6.07, 6.45) is 27.6. The SMILES string of the molecule is C=CC1=C(C(/C=C\CC)=C(C)C)C(C)=CCC1.CC.Cc1ccc(C)cc1.Cc1ccc2c(c1)C(C)(C)c1cc(C)c3c(c1-2)C=CCC3.Cc1cccc2c1C1=C(CCC=C1)C2.Cc1ccccc1. The first-order chi connectivity index (χ1) is 33.2. The molecular weight excluding hydrogens is 829 g/mol. The van der Waals surface area contributed by atoms with Crippen molar-refractivity contribution in [2.24, 2.45) is 0 Å². The molecule has 0 heterocycles. The fraction of sp³-hybridized carbons (Fsp3) is 0.333. The van der Waals surface area contributed by atoms with Gasteiger partial charge in [0.15, 0.2) is 0 Å². The minimum atomic E-state index is 0.113. The lowest BCUT2D eigenvalue weighted by atomic mass is 9.79. The van der Waals surface area contributed by atoms with Gasteiger partial charge in [0.2, 0.25) is 0 Å². The number of aryl methyl sites for hydroxylation is 6. The second-order valence-corrected chi connectivity index (χ2v) is 19.9. The summed E-state index contributed by atoms with van der Waals surface area (Å²) in [7, 11) is 0. The van der Waals surface area contributed by atoms with Gasteiger partial charge in [0.25, 0.3) is 0 Å². The maximum Gasteiger partial charge on any atom is 0.0159 e. The highest BCUT2D eigenvalue weighted by molar-refractivity contribution is 5.89. The van der Waals surface area contributed by atoms with Gasteiger partial charge in [-0.05, 0) is 197 Å². The predicted molar refractivity (Wildman–Crippen MR) is 307 cm³/mol. The van der Waals surface area contributed by atoms with Gasteiger partial charge in [-0.1, -0.05) is 220 Å². The Bertz CT molecular complexity index is 2750. The van der Waals surface area contributed by atoms with Crippen molar-refractivity contribution in [2.45, 2.75) is 154 Å². The van der Waals surface area contributed by atoms with Gasteiger partial charge in [-0.25, -0.2) is 0 Å². The van der Waals surface area contributed by atoms with Crippen LogP contribution in [0.4, 0.5) is 0 Å². The van der Waals surface area contributed by atoms with Crippen LogP contribution >= 0.6 is 0 Å². The Hall–Kier alpha value is -5.98. The molecule has 0 atom stereocenters. The maximum absolute atomic E-state index is 3.96. The van der Waals surface area contributed by atoms with Crippen LogP contribution in [0.25, 0.3) is 22.8 Å². The van der Waals surface area contributed by atoms with E-state index in [1.165, 1.54) is 138 Å². The lowest BCUT2D eigenvalue weighted by Crippen LogP contribution is -2.16. The van der Waals surface area contributed by atoms with E-state index in [9.17, 15) is 0 Å². The Kier molecular flexibility index (Phi) is 20.0. The molecule has 0 fully saturated rings. The van der Waals surface area contributed by atoms with Crippen LogP contribution in [-0.4, -0.2) is 0 Å². The van der Waals surface area contributed by atoms with Crippen molar-refractivity contribution in [1.82, 2.24) is 0 Å². The second-order valence-electron chi connectivity index (χ2n) is 19.9. The van der Waals surface area contributed by atoms with E-state index in [-0.39, 0.29) is 5.41 Å². The van der Waals surface area contributed by atoms with Crippen LogP contribution in [0.1, 0.15) is 161 Å². The molecule has 0 heteroatoms. The van der Waals surface area contributed by atoms with Crippen molar-refractivity contribution in [3.05, 3.63) is 246 Å². The molecule has 0 saturated carbocycles. The zero-order valence-corrected chi connectivity index (χ0v) is 45.2. The molecule has 0 nitrogen and oxygen atoms in total. The van der Waals surface area contributed by atoms with Crippen LogP contribution in [0.3, 0.4) is 0 Å². The third-order valence-corrected chi connectivity index (χ3v) is 14.0. The fourth-order valence-electron chi connectivity index (χ4n) is 10.2. The highest BCUT2D eigenvalue weighted by Gasteiger charge is 2.38. The second kappa shape index (κ2) is 25.6. The molecule has 0 aromatic heterocycles. The van der Waals surface area contributed by atoms with Crippen molar-refractivity contribution in [2.75, 3.05) is 0 Å². The molecule has 0 bridgehead atoms. The molecule has 5 aromatic rings. The average Bonchev–Trinajstić information content (AvgIpc) is 3.84. The molecule has 0 spiro atoms. The molecule has 0 aliphatic heterocycles. The van der Waals surface area contributed by atoms with Crippen molar-refractivity contribution in [3.8, 4) is 11.1 Å². The number of allylic oxidation sites excluding steroid dienone is 14. The van der Waals surface area contributed by atoms with Gasteiger partial charge in [-0.3, -0.25) is 0 Å². The first kappa shape index (κ1) is 54.0. The van der Waals surface area contributed by atoms with Gasteiger partial charge < -0.3 is 0 Å². The van der Waals surface area contributed by atoms with Crippen molar-refractivity contribution in [1.29, 1.82) is 0 Å². The molecule has 0 amide bonds. The lowest BCUT2D eigenvalue weighted by molar-refractivity contribution is 0.658. The third kappa shape index (κ3) is 13.4. The molecule has 0 unspecified atom stereocenters. The minimum Gasteiger partial charge on any atom is -0.0988 e. The Balaban J connectivity index is 0.000000168. The zero-order chi connectivity index (χ0) is 50.3. The highest BCUT2D eigenvalue weighted by Crippen LogP contribution is 2.52. The summed E-state index contributed by atoms with van der Waals surface area (Å²) in [6.45, 7) is 34.4. The van der Waals surface area contributed by atoms with Gasteiger partial charge in [-0.15, -0.1) is 0 Å². The molecule has 0 radical (unpaired) electrons. The normalized spacial score (nSPS) is 15.0. The molecule has 0 saturated heterocycles. The molecule has 10 rings (SSSR count). The van der Waals surface area contributed by atoms with Crippen LogP contribution < -0.4 is 0 Å². The summed E-state index contributed by atoms with van der Waals surface area (Å²) in [5.41, 5.74) is 30.4. The van der Waals surface area contributed by atoms with Crippen LogP contribution in [-0.2, 0) is 18.3 Å². The zero-order valence-electron chi connectivity index (χ0n) is 45.2. The Labute approximate surface area is 420 Å². The molecule has 5 aliphatic carbocycles. The number of hydrogen-bond donors (Lipinski definition) is 0. The number of fused-ring (bicyclic) bond motifs is 7. The van der Waals surface area contributed by atoms with Gasteiger partial charge in [0, 0.05) is 5.41 Å². The quantitative estimate of drug-likeness (QED) is 0.158. The van der Waals surface area contributed by atoms with Gasteiger partial charge in [0.1, 0.15) is 0 Å². The Morgan fingerprint density at radius 3 is 1.90 bits per heavy atom. The number of rotatable bonds is 4. The first-order valence-corrected chi connectivity index (χ1v) is 26.0. The van der Waals surface area contributed by atoms with Crippen molar-refractivity contribution < 1.29 is 0 Å². The van der Waals surface area contributed by atoms with E-state index in [1.54, 1.807) is 11.1 Å². The lowest BCUT2D eigenvalue weighted by Gasteiger charge is -2.24. The molecule has 5 aliphatic rings. The fourth-order valence-corrected chi connectivity index (χ4v) is 10.2. The smallest absolute Gasteiger partial charge is 0.0159 e. The van der Waals surface area contributed by atoms with Crippen LogP contribution in [0.2, 0.25) is 0 Å². The van der Waals surface area contributed by atoms with E-state index in [0.29, 0.717) is 0 Å². The average molecular weight is 913 g/mol. The van der Waals surface area contributed by atoms with E-state index in [1.807, 2.05) is 38.1 Å². The van der Waals surface area contributed by atoms with Gasteiger partial charge >= 0.3 is 0 Å². The molecular formula is C69H84. The van der Waals surface area contributed by atoms with Gasteiger partial charge in [-0.2, -0.15) is 0 Å². The van der Waals surface area contributed by atoms with Crippen molar-refractivity contribution >= 4 is 11.6 Å². The standard InChI is InChI=1S/C21H22.C17H24.C14H14.C8H10.C7H8.C2H6/c1-13-9-10-17-18(11-13)21(3,4)19-12-14(2)15-7-5-6-8-16(15)20(17)19;1-6-8-12-16(13(3)4)17-14(5)10-9-11-15(17)7-2;1-10-5-4-7-12-9-11-6-2-3-8-13(11)14(10)12;1-7-3-5-8(2)6-4-7;1-7-5-3-2-4-6-7;1-2/h6,8-12H,5,7H2,1-4H3;7-8,10,12H,2,6,9,11H2,1,3-5H3;3-5,7-8H,2,6,9H2,1H3;3-6H,1-2H3;2-6H,1H3;1-2H3/b;12-8-;;;;. The predicted octanol–water partition coefficient (Wildman–Crippen LogP) is 20.1. The largest absolute Gasteiger partial charge is 0.0988 e. The Morgan fingerprint density at radius 1 is 0.638 bits per heavy atom. The Morgan fingerprint density at radius 2 is 1.28 bits per heavy atom. The van der Waals surface area contributed by atoms with Crippen LogP contribution in [0, 0.1) is 41.5 Å². The number of benzene rings is 5.